The number of nitrogens with one attached hydrogen (secondary N) is 1. The molecule has 0 bridgehead atoms. The van der Waals surface area contributed by atoms with Gasteiger partial charge in [-0.2, -0.15) is 5.10 Å². The highest BCUT2D eigenvalue weighted by Gasteiger charge is 2.16. The van der Waals surface area contributed by atoms with E-state index in [0.717, 1.165) is 26.2 Å². The molecule has 1 amide bonds. The van der Waals surface area contributed by atoms with Gasteiger partial charge in [-0.1, -0.05) is 0 Å². The molecule has 0 saturated carbocycles. The number of amides is 1. The molecule has 3 heterocycles. The van der Waals surface area contributed by atoms with Gasteiger partial charge in [0, 0.05) is 51.5 Å². The summed E-state index contributed by atoms with van der Waals surface area (Å²) in [6.07, 6.45) is 5.34. The molecule has 7 nitrogen and oxygen atoms in total. The van der Waals surface area contributed by atoms with Crippen molar-refractivity contribution >= 4 is 11.4 Å². The molecule has 1 N–H and O–H groups in total. The molecule has 0 atom stereocenters. The van der Waals surface area contributed by atoms with Crippen LogP contribution in [-0.2, 0) is 11.3 Å². The van der Waals surface area contributed by atoms with Crippen LogP contribution in [0.5, 0.6) is 0 Å². The molecule has 1 aliphatic rings. The van der Waals surface area contributed by atoms with Crippen molar-refractivity contribution in [1.82, 2.24) is 24.4 Å². The maximum atomic E-state index is 12.1. The van der Waals surface area contributed by atoms with Gasteiger partial charge < -0.3 is 14.8 Å². The molecule has 0 aromatic carbocycles. The molecule has 1 fully saturated rings. The highest BCUT2D eigenvalue weighted by Crippen LogP contribution is 2.00. The summed E-state index contributed by atoms with van der Waals surface area (Å²) in [5.74, 6) is 0.104. The first kappa shape index (κ1) is 12.9. The number of piperazine rings is 1. The summed E-state index contributed by atoms with van der Waals surface area (Å²) in [4.78, 5) is 26.1. The van der Waals surface area contributed by atoms with Gasteiger partial charge >= 0.3 is 0 Å². The fourth-order valence-electron chi connectivity index (χ4n) is 2.43. The second kappa shape index (κ2) is 5.46. The van der Waals surface area contributed by atoms with Crippen molar-refractivity contribution in [3.63, 3.8) is 0 Å². The van der Waals surface area contributed by atoms with E-state index in [-0.39, 0.29) is 11.5 Å². The van der Waals surface area contributed by atoms with Gasteiger partial charge in [-0.25, -0.2) is 4.52 Å². The Balaban J connectivity index is 1.68. The first-order valence-electron chi connectivity index (χ1n) is 6.77. The Morgan fingerprint density at radius 1 is 1.30 bits per heavy atom. The van der Waals surface area contributed by atoms with Crippen molar-refractivity contribution in [3.05, 3.63) is 35.0 Å². The van der Waals surface area contributed by atoms with Gasteiger partial charge in [-0.05, 0) is 6.07 Å². The van der Waals surface area contributed by atoms with E-state index in [2.05, 4.69) is 10.4 Å². The van der Waals surface area contributed by atoms with E-state index in [4.69, 9.17) is 0 Å². The van der Waals surface area contributed by atoms with E-state index in [0.29, 0.717) is 18.5 Å². The molecule has 0 aliphatic carbocycles. The van der Waals surface area contributed by atoms with Gasteiger partial charge in [0.15, 0.2) is 0 Å². The fraction of sp³-hybridized carbons (Fsp3) is 0.462. The molecule has 0 spiro atoms. The largest absolute Gasteiger partial charge is 0.340 e. The van der Waals surface area contributed by atoms with Crippen LogP contribution in [0.25, 0.3) is 5.52 Å². The molecule has 3 rings (SSSR count). The molecular formula is C13H17N5O2. The fourth-order valence-corrected chi connectivity index (χ4v) is 2.43. The Hall–Kier alpha value is -2.15. The van der Waals surface area contributed by atoms with E-state index in [1.165, 1.54) is 4.52 Å². The second-order valence-electron chi connectivity index (χ2n) is 4.84. The van der Waals surface area contributed by atoms with Crippen molar-refractivity contribution < 1.29 is 4.79 Å². The van der Waals surface area contributed by atoms with Gasteiger partial charge in [0.2, 0.25) is 5.91 Å². The zero-order chi connectivity index (χ0) is 13.9. The normalized spacial score (nSPS) is 15.7. The summed E-state index contributed by atoms with van der Waals surface area (Å²) in [7, 11) is 0. The Kier molecular flexibility index (Phi) is 3.51. The Morgan fingerprint density at radius 3 is 2.90 bits per heavy atom. The molecule has 7 heteroatoms. The minimum atomic E-state index is -0.113. The van der Waals surface area contributed by atoms with Crippen LogP contribution in [0.3, 0.4) is 0 Å². The summed E-state index contributed by atoms with van der Waals surface area (Å²) >= 11 is 0. The van der Waals surface area contributed by atoms with Gasteiger partial charge in [-0.3, -0.25) is 9.59 Å². The standard InChI is InChI=1S/C13H17N5O2/c19-12(16-7-4-14-5-8-16)2-6-17-9-10-18-11(13(17)20)1-3-15-18/h1,3,9-10,14H,2,4-8H2. The zero-order valence-electron chi connectivity index (χ0n) is 11.2. The van der Waals surface area contributed by atoms with Crippen molar-refractivity contribution in [2.75, 3.05) is 26.2 Å². The van der Waals surface area contributed by atoms with Crippen LogP contribution in [0, 0.1) is 0 Å². The van der Waals surface area contributed by atoms with E-state index in [1.54, 1.807) is 29.2 Å². The summed E-state index contributed by atoms with van der Waals surface area (Å²) < 4.78 is 3.11. The maximum absolute atomic E-state index is 12.1. The number of fused-ring (bicyclic) bond motifs is 1. The number of carbonyl (C=O) groups is 1. The third-order valence-corrected chi connectivity index (χ3v) is 3.57. The molecule has 2 aromatic rings. The van der Waals surface area contributed by atoms with Crippen LogP contribution in [0.1, 0.15) is 6.42 Å². The predicted octanol–water partition coefficient (Wildman–Crippen LogP) is -0.682. The van der Waals surface area contributed by atoms with Crippen molar-refractivity contribution in [2.24, 2.45) is 0 Å². The van der Waals surface area contributed by atoms with Gasteiger partial charge in [0.25, 0.3) is 5.56 Å². The number of aryl methyl sites for hydroxylation is 1. The van der Waals surface area contributed by atoms with E-state index in [9.17, 15) is 9.59 Å². The summed E-state index contributed by atoms with van der Waals surface area (Å²) in [6.45, 7) is 3.58. The van der Waals surface area contributed by atoms with Crippen LogP contribution >= 0.6 is 0 Å². The molecule has 20 heavy (non-hydrogen) atoms. The number of rotatable bonds is 3. The first-order chi connectivity index (χ1) is 9.75. The number of aromatic nitrogens is 3. The van der Waals surface area contributed by atoms with Crippen LogP contribution in [-0.4, -0.2) is 51.2 Å². The van der Waals surface area contributed by atoms with Crippen LogP contribution in [0.4, 0.5) is 0 Å². The average Bonchev–Trinajstić information content (AvgIpc) is 2.96. The molecule has 106 valence electrons. The minimum Gasteiger partial charge on any atom is -0.340 e. The smallest absolute Gasteiger partial charge is 0.276 e. The van der Waals surface area contributed by atoms with Crippen LogP contribution < -0.4 is 10.9 Å². The van der Waals surface area contributed by atoms with Gasteiger partial charge in [0.05, 0.1) is 6.20 Å². The molecule has 0 radical (unpaired) electrons. The Bertz CT molecular complexity index is 669. The molecule has 1 aliphatic heterocycles. The Labute approximate surface area is 115 Å². The molecular weight excluding hydrogens is 258 g/mol. The van der Waals surface area contributed by atoms with E-state index >= 15 is 0 Å². The number of hydrogen-bond acceptors (Lipinski definition) is 4. The maximum Gasteiger partial charge on any atom is 0.276 e. The first-order valence-corrected chi connectivity index (χ1v) is 6.77. The molecule has 0 unspecified atom stereocenters. The molecule has 2 aromatic heterocycles. The third kappa shape index (κ3) is 2.44. The molecule has 1 saturated heterocycles. The SMILES string of the molecule is O=C(CCn1ccn2nccc2c1=O)N1CCNCC1. The van der Waals surface area contributed by atoms with E-state index < -0.39 is 0 Å². The summed E-state index contributed by atoms with van der Waals surface area (Å²) in [5.41, 5.74) is 0.417. The van der Waals surface area contributed by atoms with Crippen molar-refractivity contribution in [3.8, 4) is 0 Å². The van der Waals surface area contributed by atoms with Gasteiger partial charge in [0.1, 0.15) is 5.52 Å². The lowest BCUT2D eigenvalue weighted by atomic mass is 10.3. The second-order valence-corrected chi connectivity index (χ2v) is 4.84. The topological polar surface area (TPSA) is 71.6 Å². The monoisotopic (exact) mass is 275 g/mol. The highest BCUT2D eigenvalue weighted by molar-refractivity contribution is 5.76. The summed E-state index contributed by atoms with van der Waals surface area (Å²) in [6, 6.07) is 1.68. The van der Waals surface area contributed by atoms with Crippen molar-refractivity contribution in [2.45, 2.75) is 13.0 Å². The lowest BCUT2D eigenvalue weighted by molar-refractivity contribution is -0.132. The number of hydrogen-bond donors (Lipinski definition) is 1. The highest BCUT2D eigenvalue weighted by atomic mass is 16.2. The van der Waals surface area contributed by atoms with Gasteiger partial charge in [-0.15, -0.1) is 0 Å². The lowest BCUT2D eigenvalue weighted by Crippen LogP contribution is -2.46. The number of carbonyl (C=O) groups excluding carboxylic acids is 1. The minimum absolute atomic E-state index is 0.104. The summed E-state index contributed by atoms with van der Waals surface area (Å²) in [5, 5.41) is 7.22. The third-order valence-electron chi connectivity index (χ3n) is 3.57. The predicted molar refractivity (Wildman–Crippen MR) is 73.5 cm³/mol. The van der Waals surface area contributed by atoms with Crippen LogP contribution in [0.2, 0.25) is 0 Å². The lowest BCUT2D eigenvalue weighted by Gasteiger charge is -2.27. The van der Waals surface area contributed by atoms with Crippen LogP contribution in [0.15, 0.2) is 29.5 Å². The Morgan fingerprint density at radius 2 is 2.10 bits per heavy atom. The van der Waals surface area contributed by atoms with E-state index in [1.807, 2.05) is 4.90 Å². The van der Waals surface area contributed by atoms with Crippen molar-refractivity contribution in [1.29, 1.82) is 0 Å². The zero-order valence-corrected chi connectivity index (χ0v) is 11.2. The number of nitrogens with zero attached hydrogens (tertiary/aromatic N) is 4. The quantitative estimate of drug-likeness (QED) is 0.805. The average molecular weight is 275 g/mol.